The van der Waals surface area contributed by atoms with Crippen LogP contribution in [0.1, 0.15) is 16.7 Å². The molecule has 2 N–H and O–H groups in total. The van der Waals surface area contributed by atoms with Gasteiger partial charge in [-0.1, -0.05) is 18.2 Å². The third kappa shape index (κ3) is 3.14. The summed E-state index contributed by atoms with van der Waals surface area (Å²) in [5.41, 5.74) is 8.93. The Morgan fingerprint density at radius 2 is 1.80 bits per heavy atom. The number of hydrogen-bond acceptors (Lipinski definition) is 3. The molecule has 0 amide bonds. The van der Waals surface area contributed by atoms with Crippen molar-refractivity contribution in [1.29, 1.82) is 5.26 Å². The van der Waals surface area contributed by atoms with Gasteiger partial charge in [0.2, 0.25) is 0 Å². The predicted molar refractivity (Wildman–Crippen MR) is 77.6 cm³/mol. The highest BCUT2D eigenvalue weighted by Crippen LogP contribution is 2.22. The minimum absolute atomic E-state index is 0.249. The highest BCUT2D eigenvalue weighted by molar-refractivity contribution is 5.60. The highest BCUT2D eigenvalue weighted by atomic mass is 19.1. The van der Waals surface area contributed by atoms with Crippen LogP contribution in [0.5, 0.6) is 0 Å². The van der Waals surface area contributed by atoms with E-state index in [1.165, 1.54) is 12.1 Å². The summed E-state index contributed by atoms with van der Waals surface area (Å²) >= 11 is 0. The Morgan fingerprint density at radius 3 is 2.40 bits per heavy atom. The van der Waals surface area contributed by atoms with Gasteiger partial charge in [0.1, 0.15) is 11.9 Å². The number of benzene rings is 2. The van der Waals surface area contributed by atoms with E-state index in [0.717, 1.165) is 16.8 Å². The Kier molecular flexibility index (Phi) is 4.34. The zero-order valence-corrected chi connectivity index (χ0v) is 11.3. The summed E-state index contributed by atoms with van der Waals surface area (Å²) in [6, 6.07) is 14.2. The zero-order valence-electron chi connectivity index (χ0n) is 11.3. The lowest BCUT2D eigenvalue weighted by Crippen LogP contribution is -2.17. The van der Waals surface area contributed by atoms with E-state index in [1.54, 1.807) is 18.2 Å². The first kappa shape index (κ1) is 14.0. The largest absolute Gasteiger partial charge is 0.369 e. The lowest BCUT2D eigenvalue weighted by Gasteiger charge is -2.21. The Labute approximate surface area is 118 Å². The fraction of sp³-hybridized carbons (Fsp3) is 0.188. The van der Waals surface area contributed by atoms with Gasteiger partial charge in [0.05, 0.1) is 11.3 Å². The third-order valence-corrected chi connectivity index (χ3v) is 3.16. The Balaban J connectivity index is 2.22. The van der Waals surface area contributed by atoms with Gasteiger partial charge in [-0.15, -0.1) is 0 Å². The summed E-state index contributed by atoms with van der Waals surface area (Å²) in [7, 11) is 1.90. The van der Waals surface area contributed by atoms with Gasteiger partial charge in [-0.25, -0.2) is 4.39 Å². The molecule has 0 saturated heterocycles. The van der Waals surface area contributed by atoms with Gasteiger partial charge in [0, 0.05) is 20.1 Å². The fourth-order valence-electron chi connectivity index (χ4n) is 2.08. The van der Waals surface area contributed by atoms with Crippen LogP contribution in [0.3, 0.4) is 0 Å². The first-order chi connectivity index (χ1) is 9.63. The van der Waals surface area contributed by atoms with Crippen LogP contribution in [0.4, 0.5) is 10.1 Å². The molecule has 0 spiro atoms. The van der Waals surface area contributed by atoms with Gasteiger partial charge in [-0.05, 0) is 35.4 Å². The van der Waals surface area contributed by atoms with Gasteiger partial charge >= 0.3 is 0 Å². The number of rotatable bonds is 4. The number of halogens is 1. The van der Waals surface area contributed by atoms with E-state index in [9.17, 15) is 9.65 Å². The molecule has 0 fully saturated rings. The van der Waals surface area contributed by atoms with Crippen molar-refractivity contribution < 1.29 is 4.39 Å². The standard InChI is InChI=1S/C16H16FN3/c1-20(11-12-2-5-15(17)6-3-12)16-7-4-13(9-18)8-14(16)10-19/h2-8H,9,11,18H2,1H3. The lowest BCUT2D eigenvalue weighted by molar-refractivity contribution is 0.627. The van der Waals surface area contributed by atoms with E-state index in [2.05, 4.69) is 6.07 Å². The summed E-state index contributed by atoms with van der Waals surface area (Å²) in [6.07, 6.45) is 0. The number of nitriles is 1. The van der Waals surface area contributed by atoms with Crippen LogP contribution in [-0.2, 0) is 13.1 Å². The van der Waals surface area contributed by atoms with E-state index in [-0.39, 0.29) is 5.82 Å². The lowest BCUT2D eigenvalue weighted by atomic mass is 10.1. The molecule has 2 aromatic carbocycles. The summed E-state index contributed by atoms with van der Waals surface area (Å²) in [5, 5.41) is 9.22. The molecule has 0 aromatic heterocycles. The summed E-state index contributed by atoms with van der Waals surface area (Å²) in [6.45, 7) is 1.02. The van der Waals surface area contributed by atoms with Gasteiger partial charge in [0.25, 0.3) is 0 Å². The van der Waals surface area contributed by atoms with Gasteiger partial charge in [0.15, 0.2) is 0 Å². The molecular weight excluding hydrogens is 253 g/mol. The normalized spacial score (nSPS) is 10.1. The Bertz CT molecular complexity index is 629. The van der Waals surface area contributed by atoms with Crippen molar-refractivity contribution in [3.63, 3.8) is 0 Å². The Morgan fingerprint density at radius 1 is 1.15 bits per heavy atom. The zero-order chi connectivity index (χ0) is 14.5. The molecule has 20 heavy (non-hydrogen) atoms. The Hall–Kier alpha value is -2.38. The average Bonchev–Trinajstić information content (AvgIpc) is 2.48. The second kappa shape index (κ2) is 6.18. The summed E-state index contributed by atoms with van der Waals surface area (Å²) < 4.78 is 12.9. The molecule has 0 radical (unpaired) electrons. The number of nitrogens with zero attached hydrogens (tertiary/aromatic N) is 2. The number of nitrogens with two attached hydrogens (primary N) is 1. The number of hydrogen-bond donors (Lipinski definition) is 1. The molecule has 0 bridgehead atoms. The molecule has 0 aliphatic carbocycles. The third-order valence-electron chi connectivity index (χ3n) is 3.16. The summed E-state index contributed by atoms with van der Waals surface area (Å²) in [5.74, 6) is -0.249. The van der Waals surface area contributed by atoms with Crippen LogP contribution in [-0.4, -0.2) is 7.05 Å². The van der Waals surface area contributed by atoms with Crippen molar-refractivity contribution in [2.75, 3.05) is 11.9 Å². The molecule has 4 heteroatoms. The van der Waals surface area contributed by atoms with E-state index >= 15 is 0 Å². The molecular formula is C16H16FN3. The first-order valence-corrected chi connectivity index (χ1v) is 6.32. The first-order valence-electron chi connectivity index (χ1n) is 6.32. The molecule has 0 unspecified atom stereocenters. The summed E-state index contributed by atoms with van der Waals surface area (Å²) in [4.78, 5) is 1.96. The van der Waals surface area contributed by atoms with Crippen LogP contribution in [0.2, 0.25) is 0 Å². The van der Waals surface area contributed by atoms with Crippen molar-refractivity contribution in [1.82, 2.24) is 0 Å². The molecule has 0 saturated carbocycles. The van der Waals surface area contributed by atoms with Crippen LogP contribution in [0.15, 0.2) is 42.5 Å². The van der Waals surface area contributed by atoms with Crippen molar-refractivity contribution in [3.05, 3.63) is 65.0 Å². The van der Waals surface area contributed by atoms with Gasteiger partial charge in [-0.3, -0.25) is 0 Å². The van der Waals surface area contributed by atoms with Crippen molar-refractivity contribution in [2.45, 2.75) is 13.1 Å². The van der Waals surface area contributed by atoms with Crippen LogP contribution >= 0.6 is 0 Å². The van der Waals surface area contributed by atoms with Crippen molar-refractivity contribution in [2.24, 2.45) is 5.73 Å². The maximum Gasteiger partial charge on any atom is 0.123 e. The molecule has 0 heterocycles. The van der Waals surface area contributed by atoms with E-state index in [4.69, 9.17) is 5.73 Å². The molecule has 3 nitrogen and oxygen atoms in total. The van der Waals surface area contributed by atoms with Crippen LogP contribution in [0.25, 0.3) is 0 Å². The SMILES string of the molecule is CN(Cc1ccc(F)cc1)c1ccc(CN)cc1C#N. The molecule has 0 aliphatic rings. The molecule has 102 valence electrons. The maximum atomic E-state index is 12.9. The monoisotopic (exact) mass is 269 g/mol. The smallest absolute Gasteiger partial charge is 0.123 e. The topological polar surface area (TPSA) is 53.0 Å². The van der Waals surface area contributed by atoms with E-state index in [0.29, 0.717) is 18.7 Å². The molecule has 2 rings (SSSR count). The maximum absolute atomic E-state index is 12.9. The second-order valence-corrected chi connectivity index (χ2v) is 4.65. The van der Waals surface area contributed by atoms with E-state index in [1.807, 2.05) is 24.1 Å². The second-order valence-electron chi connectivity index (χ2n) is 4.65. The van der Waals surface area contributed by atoms with E-state index < -0.39 is 0 Å². The van der Waals surface area contributed by atoms with Gasteiger partial charge in [-0.2, -0.15) is 5.26 Å². The van der Waals surface area contributed by atoms with Crippen LogP contribution in [0, 0.1) is 17.1 Å². The number of anilines is 1. The minimum Gasteiger partial charge on any atom is -0.369 e. The minimum atomic E-state index is -0.249. The molecule has 0 atom stereocenters. The quantitative estimate of drug-likeness (QED) is 0.928. The average molecular weight is 269 g/mol. The molecule has 2 aromatic rings. The van der Waals surface area contributed by atoms with Gasteiger partial charge < -0.3 is 10.6 Å². The van der Waals surface area contributed by atoms with Crippen molar-refractivity contribution >= 4 is 5.69 Å². The molecule has 0 aliphatic heterocycles. The fourth-order valence-corrected chi connectivity index (χ4v) is 2.08. The highest BCUT2D eigenvalue weighted by Gasteiger charge is 2.08. The predicted octanol–water partition coefficient (Wildman–Crippen LogP) is 2.79. The van der Waals surface area contributed by atoms with Crippen molar-refractivity contribution in [3.8, 4) is 6.07 Å². The van der Waals surface area contributed by atoms with Crippen LogP contribution < -0.4 is 10.6 Å².